The topological polar surface area (TPSA) is 83.4 Å². The molecule has 0 radical (unpaired) electrons. The Hall–Kier alpha value is -2.63. The molecule has 19 heavy (non-hydrogen) atoms. The summed E-state index contributed by atoms with van der Waals surface area (Å²) in [5.74, 6) is 2.00. The fraction of sp³-hybridized carbons (Fsp3) is 0.154. The quantitative estimate of drug-likeness (QED) is 0.546. The molecule has 0 aliphatic rings. The zero-order chi connectivity index (χ0) is 13.0. The zero-order valence-corrected chi connectivity index (χ0v) is 10.5. The molecule has 4 rings (SSSR count). The van der Waals surface area contributed by atoms with Crippen molar-refractivity contribution < 1.29 is 4.42 Å². The third kappa shape index (κ3) is 1.40. The van der Waals surface area contributed by atoms with Gasteiger partial charge in [-0.2, -0.15) is 0 Å². The molecule has 0 saturated carbocycles. The molecule has 2 N–H and O–H groups in total. The lowest BCUT2D eigenvalue weighted by atomic mass is 10.3. The highest BCUT2D eigenvalue weighted by Gasteiger charge is 2.15. The Labute approximate surface area is 107 Å². The number of H-pyrrole nitrogens is 2. The van der Waals surface area contributed by atoms with Crippen LogP contribution < -0.4 is 0 Å². The number of oxazole rings is 1. The van der Waals surface area contributed by atoms with Crippen LogP contribution in [0.2, 0.25) is 0 Å². The van der Waals surface area contributed by atoms with Crippen LogP contribution >= 0.6 is 0 Å². The second-order valence-corrected chi connectivity index (χ2v) is 4.49. The Bertz CT molecular complexity index is 898. The fourth-order valence-corrected chi connectivity index (χ4v) is 2.33. The van der Waals surface area contributed by atoms with E-state index in [1.165, 1.54) is 0 Å². The first kappa shape index (κ1) is 10.3. The summed E-state index contributed by atoms with van der Waals surface area (Å²) in [5.41, 5.74) is 3.43. The molecule has 6 nitrogen and oxygen atoms in total. The van der Waals surface area contributed by atoms with Crippen molar-refractivity contribution in [3.63, 3.8) is 0 Å². The van der Waals surface area contributed by atoms with Crippen LogP contribution in [0.5, 0.6) is 0 Å². The van der Waals surface area contributed by atoms with Gasteiger partial charge >= 0.3 is 0 Å². The summed E-state index contributed by atoms with van der Waals surface area (Å²) in [7, 11) is 0. The first-order valence-electron chi connectivity index (χ1n) is 5.98. The van der Waals surface area contributed by atoms with E-state index in [1.807, 2.05) is 26.1 Å². The van der Waals surface area contributed by atoms with Gasteiger partial charge in [0, 0.05) is 18.5 Å². The summed E-state index contributed by atoms with van der Waals surface area (Å²) in [5, 5.41) is 0.994. The lowest BCUT2D eigenvalue weighted by Gasteiger charge is -1.89. The van der Waals surface area contributed by atoms with Gasteiger partial charge in [0.15, 0.2) is 17.5 Å². The smallest absolute Gasteiger partial charge is 0.192 e. The molecule has 4 heterocycles. The van der Waals surface area contributed by atoms with Gasteiger partial charge in [0.05, 0.1) is 17.4 Å². The van der Waals surface area contributed by atoms with Crippen LogP contribution in [0.25, 0.3) is 33.7 Å². The number of imidazole rings is 1. The average Bonchev–Trinajstić information content (AvgIpc) is 3.05. The molecule has 0 bridgehead atoms. The third-order valence-corrected chi connectivity index (χ3v) is 3.15. The lowest BCUT2D eigenvalue weighted by Crippen LogP contribution is -1.80. The SMILES string of the molecule is Cc1nc(C)c(-c2nc3c(cnc4[nH]ccc43)[nH]2)o1. The monoisotopic (exact) mass is 253 g/mol. The number of aromatic nitrogens is 5. The van der Waals surface area contributed by atoms with Crippen LogP contribution in [-0.4, -0.2) is 24.9 Å². The van der Waals surface area contributed by atoms with Crippen LogP contribution in [-0.2, 0) is 0 Å². The molecule has 0 aliphatic carbocycles. The van der Waals surface area contributed by atoms with E-state index in [9.17, 15) is 0 Å². The molecule has 6 heteroatoms. The maximum absolute atomic E-state index is 5.59. The molecular weight excluding hydrogens is 242 g/mol. The lowest BCUT2D eigenvalue weighted by molar-refractivity contribution is 0.531. The molecular formula is C13H11N5O. The van der Waals surface area contributed by atoms with Crippen LogP contribution in [0.4, 0.5) is 0 Å². The van der Waals surface area contributed by atoms with Crippen molar-refractivity contribution >= 4 is 22.1 Å². The Kier molecular flexibility index (Phi) is 1.87. The van der Waals surface area contributed by atoms with Gasteiger partial charge in [-0.15, -0.1) is 0 Å². The number of aryl methyl sites for hydroxylation is 2. The molecule has 0 saturated heterocycles. The van der Waals surface area contributed by atoms with Gasteiger partial charge in [-0.1, -0.05) is 0 Å². The molecule has 94 valence electrons. The molecule has 0 unspecified atom stereocenters. The number of nitrogens with zero attached hydrogens (tertiary/aromatic N) is 3. The van der Waals surface area contributed by atoms with Crippen molar-refractivity contribution in [2.45, 2.75) is 13.8 Å². The molecule has 0 amide bonds. The molecule has 4 aromatic heterocycles. The average molecular weight is 253 g/mol. The summed E-state index contributed by atoms with van der Waals surface area (Å²) in [6.07, 6.45) is 3.62. The summed E-state index contributed by atoms with van der Waals surface area (Å²) in [6, 6.07) is 1.97. The Morgan fingerprint density at radius 3 is 2.89 bits per heavy atom. The largest absolute Gasteiger partial charge is 0.437 e. The van der Waals surface area contributed by atoms with Crippen molar-refractivity contribution in [1.29, 1.82) is 0 Å². The number of pyridine rings is 1. The summed E-state index contributed by atoms with van der Waals surface area (Å²) >= 11 is 0. The molecule has 0 aromatic carbocycles. The fourth-order valence-electron chi connectivity index (χ4n) is 2.33. The number of rotatable bonds is 1. The Morgan fingerprint density at radius 1 is 1.21 bits per heavy atom. The van der Waals surface area contributed by atoms with Crippen molar-refractivity contribution in [2.24, 2.45) is 0 Å². The number of fused-ring (bicyclic) bond motifs is 3. The van der Waals surface area contributed by atoms with Gasteiger partial charge < -0.3 is 14.4 Å². The molecule has 0 spiro atoms. The van der Waals surface area contributed by atoms with E-state index < -0.39 is 0 Å². The highest BCUT2D eigenvalue weighted by atomic mass is 16.4. The first-order valence-corrected chi connectivity index (χ1v) is 5.98. The standard InChI is InChI=1S/C13H11N5O/c1-6-11(19-7(2)16-6)13-17-9-5-15-12-8(3-4-14-12)10(9)18-13/h3-5H,1-2H3,(H,14,15)(H,17,18). The summed E-state index contributed by atoms with van der Waals surface area (Å²) in [4.78, 5) is 19.5. The van der Waals surface area contributed by atoms with Crippen molar-refractivity contribution in [3.05, 3.63) is 30.0 Å². The second-order valence-electron chi connectivity index (χ2n) is 4.49. The molecule has 0 atom stereocenters. The maximum atomic E-state index is 5.59. The van der Waals surface area contributed by atoms with Crippen LogP contribution in [0, 0.1) is 13.8 Å². The predicted molar refractivity (Wildman–Crippen MR) is 70.7 cm³/mol. The number of hydrogen-bond donors (Lipinski definition) is 2. The molecule has 0 aliphatic heterocycles. The van der Waals surface area contributed by atoms with E-state index >= 15 is 0 Å². The van der Waals surface area contributed by atoms with E-state index in [1.54, 1.807) is 6.20 Å². The van der Waals surface area contributed by atoms with Gasteiger partial charge in [0.25, 0.3) is 0 Å². The molecule has 0 fully saturated rings. The van der Waals surface area contributed by atoms with E-state index in [-0.39, 0.29) is 0 Å². The number of nitrogens with one attached hydrogen (secondary N) is 2. The first-order chi connectivity index (χ1) is 9.22. The minimum atomic E-state index is 0.637. The third-order valence-electron chi connectivity index (χ3n) is 3.15. The second kappa shape index (κ2) is 3.44. The minimum absolute atomic E-state index is 0.637. The van der Waals surface area contributed by atoms with Gasteiger partial charge in [-0.25, -0.2) is 15.0 Å². The minimum Gasteiger partial charge on any atom is -0.437 e. The van der Waals surface area contributed by atoms with E-state index in [0.717, 1.165) is 27.8 Å². The Balaban J connectivity index is 2.03. The Morgan fingerprint density at radius 2 is 2.11 bits per heavy atom. The number of aromatic amines is 2. The van der Waals surface area contributed by atoms with Crippen molar-refractivity contribution in [1.82, 2.24) is 24.9 Å². The maximum Gasteiger partial charge on any atom is 0.192 e. The van der Waals surface area contributed by atoms with Crippen molar-refractivity contribution in [2.75, 3.05) is 0 Å². The zero-order valence-electron chi connectivity index (χ0n) is 10.5. The van der Waals surface area contributed by atoms with Crippen LogP contribution in [0.1, 0.15) is 11.6 Å². The van der Waals surface area contributed by atoms with E-state index in [4.69, 9.17) is 4.42 Å². The highest BCUT2D eigenvalue weighted by Crippen LogP contribution is 2.27. The molecule has 4 aromatic rings. The van der Waals surface area contributed by atoms with E-state index in [2.05, 4.69) is 24.9 Å². The predicted octanol–water partition coefficient (Wildman–Crippen LogP) is 2.71. The van der Waals surface area contributed by atoms with Gasteiger partial charge in [-0.3, -0.25) is 0 Å². The van der Waals surface area contributed by atoms with Gasteiger partial charge in [-0.05, 0) is 13.0 Å². The highest BCUT2D eigenvalue weighted by molar-refractivity contribution is 6.01. The van der Waals surface area contributed by atoms with Crippen molar-refractivity contribution in [3.8, 4) is 11.6 Å². The normalized spacial score (nSPS) is 11.7. The number of hydrogen-bond acceptors (Lipinski definition) is 4. The summed E-state index contributed by atoms with van der Waals surface area (Å²) in [6.45, 7) is 3.73. The van der Waals surface area contributed by atoms with Gasteiger partial charge in [0.1, 0.15) is 11.2 Å². The van der Waals surface area contributed by atoms with Gasteiger partial charge in [0.2, 0.25) is 0 Å². The van der Waals surface area contributed by atoms with E-state index in [0.29, 0.717) is 17.5 Å². The summed E-state index contributed by atoms with van der Waals surface area (Å²) < 4.78 is 5.59. The van der Waals surface area contributed by atoms with Crippen LogP contribution in [0.3, 0.4) is 0 Å². The van der Waals surface area contributed by atoms with Crippen LogP contribution in [0.15, 0.2) is 22.9 Å².